The van der Waals surface area contributed by atoms with Gasteiger partial charge in [0.05, 0.1) is 0 Å². The molecular formula is C16H24O3. The van der Waals surface area contributed by atoms with Crippen molar-refractivity contribution in [1.29, 1.82) is 0 Å². The van der Waals surface area contributed by atoms with E-state index in [1.807, 2.05) is 0 Å². The number of allylic oxidation sites excluding steroid dienone is 4. The molecule has 2 aliphatic rings. The lowest BCUT2D eigenvalue weighted by Crippen LogP contribution is -2.15. The largest absolute Gasteiger partial charge is 0.457 e. The molecule has 0 bridgehead atoms. The van der Waals surface area contributed by atoms with Crippen molar-refractivity contribution in [3.8, 4) is 0 Å². The Morgan fingerprint density at radius 3 is 2.53 bits per heavy atom. The van der Waals surface area contributed by atoms with E-state index in [2.05, 4.69) is 31.2 Å². The maximum Gasteiger partial charge on any atom is 0.338 e. The van der Waals surface area contributed by atoms with Crippen molar-refractivity contribution in [3.63, 3.8) is 0 Å². The molecule has 2 heterocycles. The van der Waals surface area contributed by atoms with Gasteiger partial charge < -0.3 is 9.47 Å². The lowest BCUT2D eigenvalue weighted by molar-refractivity contribution is -0.149. The van der Waals surface area contributed by atoms with Crippen LogP contribution < -0.4 is 0 Å². The summed E-state index contributed by atoms with van der Waals surface area (Å²) in [6.45, 7) is 2.23. The van der Waals surface area contributed by atoms with Gasteiger partial charge in [-0.15, -0.1) is 0 Å². The maximum absolute atomic E-state index is 11.1. The Hall–Kier alpha value is -1.09. The van der Waals surface area contributed by atoms with Crippen LogP contribution in [0.3, 0.4) is 0 Å². The lowest BCUT2D eigenvalue weighted by Gasteiger charge is -2.08. The molecule has 0 spiro atoms. The average molecular weight is 264 g/mol. The Morgan fingerprint density at radius 1 is 1.11 bits per heavy atom. The summed E-state index contributed by atoms with van der Waals surface area (Å²) < 4.78 is 10.4. The van der Waals surface area contributed by atoms with E-state index >= 15 is 0 Å². The van der Waals surface area contributed by atoms with Crippen molar-refractivity contribution in [1.82, 2.24) is 0 Å². The molecule has 0 amide bonds. The molecule has 2 saturated heterocycles. The minimum absolute atomic E-state index is 0.00765. The van der Waals surface area contributed by atoms with E-state index in [1.165, 1.54) is 25.7 Å². The molecule has 0 radical (unpaired) electrons. The van der Waals surface area contributed by atoms with Gasteiger partial charge in [0.15, 0.2) is 6.10 Å². The zero-order chi connectivity index (χ0) is 13.5. The van der Waals surface area contributed by atoms with Crippen LogP contribution in [0.2, 0.25) is 0 Å². The van der Waals surface area contributed by atoms with E-state index in [0.29, 0.717) is 0 Å². The van der Waals surface area contributed by atoms with Crippen LogP contribution in [0.5, 0.6) is 0 Å². The molecule has 0 unspecified atom stereocenters. The summed E-state index contributed by atoms with van der Waals surface area (Å²) in [5.41, 5.74) is 0. The third-order valence-corrected chi connectivity index (χ3v) is 3.59. The molecule has 3 nitrogen and oxygen atoms in total. The summed E-state index contributed by atoms with van der Waals surface area (Å²) >= 11 is 0. The summed E-state index contributed by atoms with van der Waals surface area (Å²) in [6.07, 6.45) is 16.6. The number of rotatable bonds is 9. The van der Waals surface area contributed by atoms with E-state index in [0.717, 1.165) is 19.3 Å². The first kappa shape index (κ1) is 14.3. The molecule has 0 saturated carbocycles. The summed E-state index contributed by atoms with van der Waals surface area (Å²) in [5, 5.41) is 0. The number of carbonyl (C=O) groups excluding carboxylic acids is 1. The first-order valence-corrected chi connectivity index (χ1v) is 7.49. The highest BCUT2D eigenvalue weighted by molar-refractivity contribution is 5.81. The highest BCUT2D eigenvalue weighted by Crippen LogP contribution is 2.37. The monoisotopic (exact) mass is 264 g/mol. The first-order chi connectivity index (χ1) is 9.33. The number of unbranched alkanes of at least 4 members (excludes halogenated alkanes) is 3. The molecule has 3 atom stereocenters. The fraction of sp³-hybridized carbons (Fsp3) is 0.688. The topological polar surface area (TPSA) is 38.8 Å². The van der Waals surface area contributed by atoms with Crippen molar-refractivity contribution in [3.05, 3.63) is 24.3 Å². The van der Waals surface area contributed by atoms with Crippen LogP contribution in [0.25, 0.3) is 0 Å². The Balaban J connectivity index is 1.47. The number of cyclic esters (lactones) is 1. The van der Waals surface area contributed by atoms with Gasteiger partial charge in [0, 0.05) is 0 Å². The summed E-state index contributed by atoms with van der Waals surface area (Å²) in [4.78, 5) is 11.1. The minimum atomic E-state index is -0.236. The first-order valence-electron chi connectivity index (χ1n) is 7.49. The SMILES string of the molecule is CCCCC/C=C/C/C=C/CC[C@H]1OC(=O)[C@@H]2O[C@H]12. The van der Waals surface area contributed by atoms with Gasteiger partial charge in [0.1, 0.15) is 12.2 Å². The van der Waals surface area contributed by atoms with Gasteiger partial charge in [-0.05, 0) is 32.1 Å². The smallest absolute Gasteiger partial charge is 0.338 e. The number of hydrogen-bond donors (Lipinski definition) is 0. The van der Waals surface area contributed by atoms with Gasteiger partial charge >= 0.3 is 5.97 Å². The highest BCUT2D eigenvalue weighted by Gasteiger charge is 2.58. The van der Waals surface area contributed by atoms with Crippen molar-refractivity contribution in [2.45, 2.75) is 70.2 Å². The lowest BCUT2D eigenvalue weighted by atomic mass is 10.1. The minimum Gasteiger partial charge on any atom is -0.457 e. The van der Waals surface area contributed by atoms with Gasteiger partial charge in [-0.25, -0.2) is 4.79 Å². The van der Waals surface area contributed by atoms with Crippen LogP contribution in [0.1, 0.15) is 51.9 Å². The van der Waals surface area contributed by atoms with Crippen molar-refractivity contribution in [2.75, 3.05) is 0 Å². The number of fused-ring (bicyclic) bond motifs is 1. The van der Waals surface area contributed by atoms with Gasteiger partial charge in [-0.1, -0.05) is 44.1 Å². The third kappa shape index (κ3) is 4.50. The highest BCUT2D eigenvalue weighted by atomic mass is 16.7. The molecule has 0 aromatic carbocycles. The number of esters is 1. The van der Waals surface area contributed by atoms with Crippen molar-refractivity contribution < 1.29 is 14.3 Å². The van der Waals surface area contributed by atoms with Gasteiger partial charge in [0.2, 0.25) is 0 Å². The Bertz CT molecular complexity index is 346. The fourth-order valence-corrected chi connectivity index (χ4v) is 2.38. The zero-order valence-corrected chi connectivity index (χ0v) is 11.7. The molecule has 0 aliphatic carbocycles. The molecule has 2 aliphatic heterocycles. The molecule has 0 N–H and O–H groups in total. The molecule has 3 heteroatoms. The molecule has 2 rings (SSSR count). The Morgan fingerprint density at radius 2 is 1.89 bits per heavy atom. The second-order valence-electron chi connectivity index (χ2n) is 5.25. The standard InChI is InChI=1S/C16H24O3/c1-2-3-4-5-6-7-8-9-10-11-12-13-14-15(19-14)16(17)18-13/h6-7,9-10,13-15H,2-5,8,11-12H2,1H3/b7-6+,10-9+/t13-,14-,15-/m1/s1. The van der Waals surface area contributed by atoms with Crippen LogP contribution in [0.4, 0.5) is 0 Å². The number of carbonyl (C=O) groups is 1. The quantitative estimate of drug-likeness (QED) is 0.277. The third-order valence-electron chi connectivity index (χ3n) is 3.59. The van der Waals surface area contributed by atoms with Gasteiger partial charge in [-0.2, -0.15) is 0 Å². The average Bonchev–Trinajstić information content (AvgIpc) is 3.14. The summed E-state index contributed by atoms with van der Waals surface area (Å²) in [5.74, 6) is -0.172. The second-order valence-corrected chi connectivity index (χ2v) is 5.25. The zero-order valence-electron chi connectivity index (χ0n) is 11.7. The predicted octanol–water partition coefficient (Wildman–Crippen LogP) is 3.54. The molecule has 2 fully saturated rings. The Kier molecular flexibility index (Phi) is 5.64. The second kappa shape index (κ2) is 7.49. The summed E-state index contributed by atoms with van der Waals surface area (Å²) in [7, 11) is 0. The van der Waals surface area contributed by atoms with Crippen LogP contribution in [-0.4, -0.2) is 24.3 Å². The molecule has 0 aromatic rings. The van der Waals surface area contributed by atoms with Crippen molar-refractivity contribution >= 4 is 5.97 Å². The number of epoxide rings is 1. The number of ether oxygens (including phenoxy) is 2. The molecule has 106 valence electrons. The van der Waals surface area contributed by atoms with Crippen molar-refractivity contribution in [2.24, 2.45) is 0 Å². The van der Waals surface area contributed by atoms with Gasteiger partial charge in [-0.3, -0.25) is 0 Å². The summed E-state index contributed by atoms with van der Waals surface area (Å²) in [6, 6.07) is 0. The van der Waals surface area contributed by atoms with E-state index in [1.54, 1.807) is 0 Å². The van der Waals surface area contributed by atoms with Gasteiger partial charge in [0.25, 0.3) is 0 Å². The van der Waals surface area contributed by atoms with Crippen LogP contribution in [-0.2, 0) is 14.3 Å². The van der Waals surface area contributed by atoms with Crippen LogP contribution in [0, 0.1) is 0 Å². The molecular weight excluding hydrogens is 240 g/mol. The predicted molar refractivity (Wildman–Crippen MR) is 74.8 cm³/mol. The fourth-order valence-electron chi connectivity index (χ4n) is 2.38. The maximum atomic E-state index is 11.1. The van der Waals surface area contributed by atoms with E-state index in [-0.39, 0.29) is 24.3 Å². The Labute approximate surface area is 115 Å². The molecule has 19 heavy (non-hydrogen) atoms. The molecule has 0 aromatic heterocycles. The van der Waals surface area contributed by atoms with Crippen LogP contribution in [0.15, 0.2) is 24.3 Å². The van der Waals surface area contributed by atoms with E-state index in [4.69, 9.17) is 9.47 Å². The van der Waals surface area contributed by atoms with Crippen LogP contribution >= 0.6 is 0 Å². The normalized spacial score (nSPS) is 29.1. The van der Waals surface area contributed by atoms with E-state index < -0.39 is 0 Å². The number of hydrogen-bond acceptors (Lipinski definition) is 3. The van der Waals surface area contributed by atoms with E-state index in [9.17, 15) is 4.79 Å².